The van der Waals surface area contributed by atoms with Gasteiger partial charge in [0.2, 0.25) is 0 Å². The fourth-order valence-electron chi connectivity index (χ4n) is 10.7. The summed E-state index contributed by atoms with van der Waals surface area (Å²) in [6, 6.07) is 79.5. The molecule has 0 saturated carbocycles. The Morgan fingerprint density at radius 2 is 0.557 bits per heavy atom. The molecule has 0 aliphatic heterocycles. The van der Waals surface area contributed by atoms with Gasteiger partial charge in [-0.15, -0.1) is 0 Å². The second kappa shape index (κ2) is 20.3. The van der Waals surface area contributed by atoms with Crippen molar-refractivity contribution in [3.05, 3.63) is 241 Å². The van der Waals surface area contributed by atoms with Crippen LogP contribution in [0, 0.1) is 0 Å². The van der Waals surface area contributed by atoms with E-state index in [1.165, 1.54) is 33.0 Å². The van der Waals surface area contributed by atoms with Crippen LogP contribution in [0.4, 0.5) is 34.1 Å². The van der Waals surface area contributed by atoms with E-state index in [2.05, 4.69) is 279 Å². The summed E-state index contributed by atoms with van der Waals surface area (Å²) in [5.41, 5.74) is 16.6. The fraction of sp³-hybridized carbons (Fsp3) is 0.219. The van der Waals surface area contributed by atoms with E-state index in [4.69, 9.17) is 15.0 Å². The molecule has 0 aliphatic rings. The van der Waals surface area contributed by atoms with Gasteiger partial charge >= 0.3 is 0 Å². The topological polar surface area (TPSA) is 50.1 Å². The lowest BCUT2D eigenvalue weighted by molar-refractivity contribution is 0.590. The molecule has 0 fully saturated rings. The summed E-state index contributed by atoms with van der Waals surface area (Å²) in [7, 11) is 0. The van der Waals surface area contributed by atoms with Crippen molar-refractivity contribution in [1.29, 1.82) is 0 Å². The summed E-state index contributed by atoms with van der Waals surface area (Å²) in [6.45, 7) is 27.3. The number of rotatable bonds is 10. The number of fused-ring (bicyclic) bond motifs is 3. The molecular formula is C73H72N6. The minimum absolute atomic E-state index is 0.0594. The smallest absolute Gasteiger partial charge is 0.164 e. The molecule has 2 aromatic heterocycles. The zero-order valence-electron chi connectivity index (χ0n) is 48.0. The van der Waals surface area contributed by atoms with Crippen molar-refractivity contribution in [3.8, 4) is 39.9 Å². The maximum absolute atomic E-state index is 5.47. The quantitative estimate of drug-likeness (QED) is 0.137. The standard InChI is InChI=1S/C73H72N6/c1-70(2,3)52-31-39-56(40-32-52)77(57-41-33-53(34-42-57)71(4,5)6)64-47-51(69-75-67(49-23-15-13-16-24-49)74-68(76-69)50-25-17-14-18-26-50)48-65(66(64)79-62-29-21-19-27-60(62)61-28-20-22-30-63(61)79)78(58-43-35-54(36-44-58)72(7,8)9)59-45-37-55(38-46-59)73(10,11)12/h13-48H,1-12H3. The number of anilines is 6. The van der Waals surface area contributed by atoms with Crippen LogP contribution < -0.4 is 9.80 Å². The van der Waals surface area contributed by atoms with Gasteiger partial charge < -0.3 is 14.4 Å². The Labute approximate surface area is 468 Å². The van der Waals surface area contributed by atoms with Crippen LogP contribution in [0.1, 0.15) is 105 Å². The third kappa shape index (κ3) is 10.5. The number of aromatic nitrogens is 4. The highest BCUT2D eigenvalue weighted by atomic mass is 15.2. The van der Waals surface area contributed by atoms with Gasteiger partial charge in [-0.2, -0.15) is 0 Å². The van der Waals surface area contributed by atoms with Crippen LogP contribution in [0.25, 0.3) is 61.7 Å². The molecule has 11 rings (SSSR count). The van der Waals surface area contributed by atoms with Crippen molar-refractivity contribution >= 4 is 55.9 Å². The van der Waals surface area contributed by atoms with Crippen molar-refractivity contribution in [2.75, 3.05) is 9.80 Å². The molecule has 9 aromatic carbocycles. The van der Waals surface area contributed by atoms with Gasteiger partial charge in [0.1, 0.15) is 0 Å². The van der Waals surface area contributed by atoms with Gasteiger partial charge in [-0.1, -0.05) is 229 Å². The van der Waals surface area contributed by atoms with Crippen LogP contribution in [0.5, 0.6) is 0 Å². The molecule has 394 valence electrons. The van der Waals surface area contributed by atoms with Gasteiger partial charge in [0.05, 0.1) is 28.1 Å². The zero-order valence-corrected chi connectivity index (χ0v) is 48.0. The molecule has 0 saturated heterocycles. The molecule has 11 aromatic rings. The van der Waals surface area contributed by atoms with Crippen LogP contribution in [0.15, 0.2) is 218 Å². The van der Waals surface area contributed by atoms with Crippen LogP contribution in [-0.2, 0) is 21.7 Å². The molecule has 0 radical (unpaired) electrons. The first-order valence-electron chi connectivity index (χ1n) is 27.8. The van der Waals surface area contributed by atoms with Gasteiger partial charge in [-0.25, -0.2) is 15.0 Å². The maximum Gasteiger partial charge on any atom is 0.164 e. The lowest BCUT2D eigenvalue weighted by Gasteiger charge is -2.35. The van der Waals surface area contributed by atoms with E-state index in [1.807, 2.05) is 36.4 Å². The van der Waals surface area contributed by atoms with E-state index in [9.17, 15) is 0 Å². The van der Waals surface area contributed by atoms with E-state index in [-0.39, 0.29) is 21.7 Å². The third-order valence-electron chi connectivity index (χ3n) is 15.3. The molecule has 0 bridgehead atoms. The Balaban J connectivity index is 1.35. The number of hydrogen-bond donors (Lipinski definition) is 0. The molecule has 2 heterocycles. The summed E-state index contributed by atoms with van der Waals surface area (Å²) in [5.74, 6) is 1.75. The molecular weight excluding hydrogens is 961 g/mol. The Bertz CT molecular complexity index is 3580. The van der Waals surface area contributed by atoms with Crippen molar-refractivity contribution in [3.63, 3.8) is 0 Å². The van der Waals surface area contributed by atoms with Crippen LogP contribution in [-0.4, -0.2) is 19.5 Å². The van der Waals surface area contributed by atoms with Gasteiger partial charge in [0.15, 0.2) is 17.5 Å². The first-order valence-corrected chi connectivity index (χ1v) is 27.8. The molecule has 0 atom stereocenters. The predicted octanol–water partition coefficient (Wildman–Crippen LogP) is 20.1. The number of para-hydroxylation sites is 2. The fourth-order valence-corrected chi connectivity index (χ4v) is 10.7. The van der Waals surface area contributed by atoms with Gasteiger partial charge in [0.25, 0.3) is 0 Å². The first kappa shape index (κ1) is 52.4. The Hall–Kier alpha value is -8.61. The Morgan fingerprint density at radius 3 is 0.848 bits per heavy atom. The highest BCUT2D eigenvalue weighted by Gasteiger charge is 2.31. The highest BCUT2D eigenvalue weighted by molar-refractivity contribution is 6.11. The monoisotopic (exact) mass is 1030 g/mol. The van der Waals surface area contributed by atoms with E-state index in [0.717, 1.165) is 67.5 Å². The Kier molecular flexibility index (Phi) is 13.5. The van der Waals surface area contributed by atoms with Crippen molar-refractivity contribution < 1.29 is 0 Å². The molecule has 0 spiro atoms. The lowest BCUT2D eigenvalue weighted by Crippen LogP contribution is -2.20. The van der Waals surface area contributed by atoms with Crippen molar-refractivity contribution in [2.24, 2.45) is 0 Å². The molecule has 0 aliphatic carbocycles. The largest absolute Gasteiger partial charge is 0.308 e. The van der Waals surface area contributed by atoms with Gasteiger partial charge in [-0.3, -0.25) is 0 Å². The second-order valence-electron chi connectivity index (χ2n) is 25.1. The summed E-state index contributed by atoms with van der Waals surface area (Å²) >= 11 is 0. The molecule has 0 N–H and O–H groups in total. The third-order valence-corrected chi connectivity index (χ3v) is 15.3. The summed E-state index contributed by atoms with van der Waals surface area (Å²) < 4.78 is 2.50. The van der Waals surface area contributed by atoms with Gasteiger partial charge in [-0.05, 0) is 117 Å². The molecule has 0 unspecified atom stereocenters. The number of benzene rings is 9. The number of nitrogens with zero attached hydrogens (tertiary/aromatic N) is 6. The summed E-state index contributed by atoms with van der Waals surface area (Å²) in [6.07, 6.45) is 0. The van der Waals surface area contributed by atoms with E-state index >= 15 is 0 Å². The van der Waals surface area contributed by atoms with Crippen LogP contribution >= 0.6 is 0 Å². The molecule has 6 heteroatoms. The summed E-state index contributed by atoms with van der Waals surface area (Å²) in [4.78, 5) is 21.0. The SMILES string of the molecule is CC(C)(C)c1ccc(N(c2ccc(C(C)(C)C)cc2)c2cc(-c3nc(-c4ccccc4)nc(-c4ccccc4)n3)cc(N(c3ccc(C(C)(C)C)cc3)c3ccc(C(C)(C)C)cc3)c2-n2c3ccccc3c3ccccc32)cc1. The van der Waals surface area contributed by atoms with Crippen molar-refractivity contribution in [1.82, 2.24) is 19.5 Å². The average molecular weight is 1030 g/mol. The molecule has 0 amide bonds. The second-order valence-corrected chi connectivity index (χ2v) is 25.1. The van der Waals surface area contributed by atoms with Crippen LogP contribution in [0.2, 0.25) is 0 Å². The molecule has 79 heavy (non-hydrogen) atoms. The maximum atomic E-state index is 5.47. The zero-order chi connectivity index (χ0) is 55.4. The van der Waals surface area contributed by atoms with Crippen LogP contribution in [0.3, 0.4) is 0 Å². The van der Waals surface area contributed by atoms with Crippen molar-refractivity contribution in [2.45, 2.75) is 105 Å². The predicted molar refractivity (Wildman–Crippen MR) is 335 cm³/mol. The first-order chi connectivity index (χ1) is 37.7. The minimum atomic E-state index is -0.0594. The average Bonchev–Trinajstić information content (AvgIpc) is 3.99. The normalized spacial score (nSPS) is 12.3. The number of hydrogen-bond acceptors (Lipinski definition) is 5. The lowest BCUT2D eigenvalue weighted by atomic mass is 9.86. The minimum Gasteiger partial charge on any atom is -0.308 e. The van der Waals surface area contributed by atoms with E-state index in [0.29, 0.717) is 17.5 Å². The van der Waals surface area contributed by atoms with Gasteiger partial charge in [0, 0.05) is 50.2 Å². The van der Waals surface area contributed by atoms with E-state index < -0.39 is 0 Å². The van der Waals surface area contributed by atoms with E-state index in [1.54, 1.807) is 0 Å². The Morgan fingerprint density at radius 1 is 0.291 bits per heavy atom. The summed E-state index contributed by atoms with van der Waals surface area (Å²) in [5, 5.41) is 2.34. The molecule has 6 nitrogen and oxygen atoms in total. The highest BCUT2D eigenvalue weighted by Crippen LogP contribution is 2.51.